The van der Waals surface area contributed by atoms with Crippen LogP contribution in [0, 0.1) is 12.8 Å². The maximum absolute atomic E-state index is 11.4. The number of carboxylic acids is 1. The molecule has 192 valence electrons. The second-order valence-corrected chi connectivity index (χ2v) is 12.1. The number of fused-ring (bicyclic) bond motifs is 2. The molecule has 2 heterocycles. The predicted molar refractivity (Wildman–Crippen MR) is 141 cm³/mol. The van der Waals surface area contributed by atoms with Crippen molar-refractivity contribution in [2.24, 2.45) is 5.92 Å². The SMILES string of the molecule is COc1cc2nc(C)nc(N[C@H](C)c3cccc4c3CCS4(O)O)c2cc1C1CCC(C(=O)O)CC1. The molecule has 9 heteroatoms. The van der Waals surface area contributed by atoms with Gasteiger partial charge in [0.25, 0.3) is 0 Å². The van der Waals surface area contributed by atoms with Crippen LogP contribution in [-0.4, -0.2) is 43.0 Å². The summed E-state index contributed by atoms with van der Waals surface area (Å²) in [5.74, 6) is 1.73. The lowest BCUT2D eigenvalue weighted by Gasteiger charge is -2.28. The molecule has 1 atom stereocenters. The molecule has 36 heavy (non-hydrogen) atoms. The van der Waals surface area contributed by atoms with E-state index < -0.39 is 16.6 Å². The Morgan fingerprint density at radius 2 is 1.92 bits per heavy atom. The molecule has 0 saturated heterocycles. The Balaban J connectivity index is 1.51. The highest BCUT2D eigenvalue weighted by Crippen LogP contribution is 2.56. The van der Waals surface area contributed by atoms with Crippen LogP contribution in [0.5, 0.6) is 5.75 Å². The minimum atomic E-state index is -2.72. The number of aromatic nitrogens is 2. The number of nitrogens with one attached hydrogen (secondary N) is 1. The number of anilines is 1. The normalized spacial score (nSPS) is 22.6. The number of ether oxygens (including phenoxy) is 1. The number of benzene rings is 2. The first-order valence-corrected chi connectivity index (χ1v) is 14.1. The number of methoxy groups -OCH3 is 1. The van der Waals surface area contributed by atoms with Crippen LogP contribution in [0.15, 0.2) is 35.2 Å². The van der Waals surface area contributed by atoms with Crippen LogP contribution >= 0.6 is 10.6 Å². The van der Waals surface area contributed by atoms with Gasteiger partial charge in [0, 0.05) is 17.2 Å². The van der Waals surface area contributed by atoms with Gasteiger partial charge in [-0.1, -0.05) is 12.1 Å². The molecule has 4 N–H and O–H groups in total. The monoisotopic (exact) mass is 511 g/mol. The van der Waals surface area contributed by atoms with Crippen LogP contribution in [0.2, 0.25) is 0 Å². The first-order chi connectivity index (χ1) is 17.2. The number of carbonyl (C=O) groups is 1. The van der Waals surface area contributed by atoms with Gasteiger partial charge in [-0.3, -0.25) is 13.9 Å². The van der Waals surface area contributed by atoms with Crippen molar-refractivity contribution in [2.45, 2.75) is 62.8 Å². The molecule has 1 aliphatic heterocycles. The lowest BCUT2D eigenvalue weighted by molar-refractivity contribution is -0.142. The standard InChI is InChI=1S/C27H33N3O5S/c1-15(19-5-4-6-25-20(19)11-12-36(25,33)34)28-26-22-13-21(17-7-9-18(10-8-17)27(31)32)24(35-3)14-23(22)29-16(2)30-26/h4-6,13-15,17-18,33-34H,7-12H2,1-3H3,(H,31,32)(H,28,29,30)/t15-,17?,18?/m1/s1. The largest absolute Gasteiger partial charge is 0.496 e. The van der Waals surface area contributed by atoms with Crippen molar-refractivity contribution in [3.05, 3.63) is 52.8 Å². The molecule has 1 fully saturated rings. The predicted octanol–water partition coefficient (Wildman–Crippen LogP) is 6.14. The van der Waals surface area contributed by atoms with E-state index in [2.05, 4.69) is 23.3 Å². The van der Waals surface area contributed by atoms with E-state index in [4.69, 9.17) is 9.72 Å². The number of carboxylic acid groups (broad SMARTS) is 1. The van der Waals surface area contributed by atoms with E-state index in [-0.39, 0.29) is 17.9 Å². The minimum absolute atomic E-state index is 0.109. The van der Waals surface area contributed by atoms with Crippen LogP contribution in [0.1, 0.15) is 67.1 Å². The summed E-state index contributed by atoms with van der Waals surface area (Å²) in [5.41, 5.74) is 3.89. The maximum atomic E-state index is 11.4. The van der Waals surface area contributed by atoms with E-state index in [1.165, 1.54) is 0 Å². The first kappa shape index (κ1) is 24.8. The van der Waals surface area contributed by atoms with Crippen LogP contribution < -0.4 is 10.1 Å². The van der Waals surface area contributed by atoms with Gasteiger partial charge in [0.05, 0.1) is 29.5 Å². The van der Waals surface area contributed by atoms with E-state index in [1.54, 1.807) is 7.11 Å². The third kappa shape index (κ3) is 4.51. The molecular formula is C27H33N3O5S. The fourth-order valence-electron chi connectivity index (χ4n) is 5.75. The smallest absolute Gasteiger partial charge is 0.306 e. The fourth-order valence-corrected chi connectivity index (χ4v) is 7.37. The second-order valence-electron chi connectivity index (χ2n) is 9.93. The molecule has 2 aliphatic rings. The molecule has 0 unspecified atom stereocenters. The van der Waals surface area contributed by atoms with Crippen molar-refractivity contribution in [3.8, 4) is 5.75 Å². The average molecular weight is 512 g/mol. The topological polar surface area (TPSA) is 125 Å². The van der Waals surface area contributed by atoms with Crippen molar-refractivity contribution in [3.63, 3.8) is 0 Å². The summed E-state index contributed by atoms with van der Waals surface area (Å²) in [4.78, 5) is 21.5. The van der Waals surface area contributed by atoms with Crippen LogP contribution in [-0.2, 0) is 11.2 Å². The Morgan fingerprint density at radius 1 is 1.17 bits per heavy atom. The number of aliphatic carboxylic acids is 1. The number of hydrogen-bond donors (Lipinski definition) is 4. The Morgan fingerprint density at radius 3 is 2.61 bits per heavy atom. The van der Waals surface area contributed by atoms with Gasteiger partial charge < -0.3 is 15.2 Å². The van der Waals surface area contributed by atoms with Gasteiger partial charge in [0.1, 0.15) is 17.4 Å². The van der Waals surface area contributed by atoms with Crippen LogP contribution in [0.3, 0.4) is 0 Å². The second kappa shape index (κ2) is 9.53. The summed E-state index contributed by atoms with van der Waals surface area (Å²) in [6.45, 7) is 3.92. The Labute approximate surface area is 212 Å². The molecular weight excluding hydrogens is 478 g/mol. The molecule has 2 aromatic carbocycles. The van der Waals surface area contributed by atoms with Crippen molar-refractivity contribution in [2.75, 3.05) is 18.2 Å². The van der Waals surface area contributed by atoms with Gasteiger partial charge in [-0.2, -0.15) is 10.6 Å². The molecule has 8 nitrogen and oxygen atoms in total. The van der Waals surface area contributed by atoms with E-state index in [1.807, 2.05) is 31.2 Å². The van der Waals surface area contributed by atoms with E-state index in [0.29, 0.717) is 35.7 Å². The molecule has 1 saturated carbocycles. The van der Waals surface area contributed by atoms with Crippen molar-refractivity contribution >= 4 is 33.3 Å². The van der Waals surface area contributed by atoms with Crippen LogP contribution in [0.4, 0.5) is 5.82 Å². The number of nitrogens with zero attached hydrogens (tertiary/aromatic N) is 2. The highest BCUT2D eigenvalue weighted by atomic mass is 32.3. The highest BCUT2D eigenvalue weighted by Gasteiger charge is 2.31. The molecule has 1 aromatic heterocycles. The molecule has 0 amide bonds. The van der Waals surface area contributed by atoms with Gasteiger partial charge in [-0.15, -0.1) is 0 Å². The van der Waals surface area contributed by atoms with E-state index >= 15 is 0 Å². The third-order valence-electron chi connectivity index (χ3n) is 7.65. The highest BCUT2D eigenvalue weighted by molar-refractivity contribution is 8.24. The zero-order valence-corrected chi connectivity index (χ0v) is 21.6. The molecule has 1 aliphatic carbocycles. The Bertz CT molecular complexity index is 1320. The zero-order valence-electron chi connectivity index (χ0n) is 20.8. The zero-order chi connectivity index (χ0) is 25.6. The van der Waals surface area contributed by atoms with Crippen molar-refractivity contribution < 1.29 is 23.7 Å². The molecule has 0 bridgehead atoms. The molecule has 0 radical (unpaired) electrons. The lowest BCUT2D eigenvalue weighted by Crippen LogP contribution is -2.20. The number of hydrogen-bond acceptors (Lipinski definition) is 7. The molecule has 3 aromatic rings. The number of aryl methyl sites for hydroxylation is 1. The lowest BCUT2D eigenvalue weighted by atomic mass is 9.78. The summed E-state index contributed by atoms with van der Waals surface area (Å²) in [6, 6.07) is 9.67. The summed E-state index contributed by atoms with van der Waals surface area (Å²) in [5, 5.41) is 13.8. The average Bonchev–Trinajstić information content (AvgIpc) is 3.17. The van der Waals surface area contributed by atoms with Gasteiger partial charge in [0.15, 0.2) is 0 Å². The summed E-state index contributed by atoms with van der Waals surface area (Å²) >= 11 is 0. The Kier molecular flexibility index (Phi) is 6.57. The summed E-state index contributed by atoms with van der Waals surface area (Å²) in [7, 11) is -1.06. The quantitative estimate of drug-likeness (QED) is 0.311. The van der Waals surface area contributed by atoms with E-state index in [0.717, 1.165) is 52.0 Å². The maximum Gasteiger partial charge on any atom is 0.306 e. The van der Waals surface area contributed by atoms with Crippen molar-refractivity contribution in [1.82, 2.24) is 9.97 Å². The third-order valence-corrected chi connectivity index (χ3v) is 9.51. The van der Waals surface area contributed by atoms with E-state index in [9.17, 15) is 19.0 Å². The summed E-state index contributed by atoms with van der Waals surface area (Å²) < 4.78 is 26.6. The van der Waals surface area contributed by atoms with Gasteiger partial charge in [0.2, 0.25) is 0 Å². The van der Waals surface area contributed by atoms with Crippen molar-refractivity contribution in [1.29, 1.82) is 0 Å². The number of rotatable bonds is 6. The van der Waals surface area contributed by atoms with Gasteiger partial charge >= 0.3 is 5.97 Å². The van der Waals surface area contributed by atoms with Gasteiger partial charge in [-0.25, -0.2) is 9.97 Å². The fraction of sp³-hybridized carbons (Fsp3) is 0.444. The minimum Gasteiger partial charge on any atom is -0.496 e. The summed E-state index contributed by atoms with van der Waals surface area (Å²) in [6.07, 6.45) is 3.56. The first-order valence-electron chi connectivity index (χ1n) is 12.4. The molecule has 5 rings (SSSR count). The Hall–Kier alpha value is -2.88. The molecule has 0 spiro atoms. The van der Waals surface area contributed by atoms with Crippen LogP contribution in [0.25, 0.3) is 10.9 Å². The van der Waals surface area contributed by atoms with Gasteiger partial charge in [-0.05, 0) is 80.7 Å².